The van der Waals surface area contributed by atoms with Crippen molar-refractivity contribution < 1.29 is 18.5 Å². The van der Waals surface area contributed by atoms with Gasteiger partial charge in [0.1, 0.15) is 11.4 Å². The number of anilines is 1. The van der Waals surface area contributed by atoms with Crippen molar-refractivity contribution in [2.45, 2.75) is 0 Å². The first-order chi connectivity index (χ1) is 9.40. The molecular formula is C9H6F2N6O3. The highest BCUT2D eigenvalue weighted by Crippen LogP contribution is 2.23. The summed E-state index contributed by atoms with van der Waals surface area (Å²) in [6.45, 7) is 0. The average molecular weight is 284 g/mol. The zero-order valence-corrected chi connectivity index (χ0v) is 9.87. The van der Waals surface area contributed by atoms with Gasteiger partial charge in [-0.1, -0.05) is 5.10 Å². The molecule has 1 aromatic carbocycles. The first-order valence-electron chi connectivity index (χ1n) is 5.08. The molecule has 20 heavy (non-hydrogen) atoms. The minimum Gasteiger partial charge on any atom is -0.288 e. The van der Waals surface area contributed by atoms with Gasteiger partial charge in [0.15, 0.2) is 0 Å². The third-order valence-electron chi connectivity index (χ3n) is 2.23. The van der Waals surface area contributed by atoms with Gasteiger partial charge in [-0.25, -0.2) is 4.39 Å². The SMILES string of the molecule is Cn1nnc(NC(=O)c2c(F)ccc([N+](=O)[O-])c2F)n1. The number of hydrogen-bond acceptors (Lipinski definition) is 6. The van der Waals surface area contributed by atoms with Crippen molar-refractivity contribution in [3.63, 3.8) is 0 Å². The standard InChI is InChI=1S/C9H6F2N6O3/c1-16-14-9(13-15-16)12-8(18)6-4(10)2-3-5(7(6)11)17(19)20/h2-3H,1H3,(H,12,14,18). The largest absolute Gasteiger partial charge is 0.305 e. The van der Waals surface area contributed by atoms with Crippen LogP contribution in [0.1, 0.15) is 10.4 Å². The number of hydrogen-bond donors (Lipinski definition) is 1. The molecular weight excluding hydrogens is 278 g/mol. The summed E-state index contributed by atoms with van der Waals surface area (Å²) < 4.78 is 27.2. The van der Waals surface area contributed by atoms with Crippen LogP contribution in [0.25, 0.3) is 0 Å². The van der Waals surface area contributed by atoms with Crippen molar-refractivity contribution in [1.29, 1.82) is 0 Å². The number of benzene rings is 1. The van der Waals surface area contributed by atoms with Crippen LogP contribution in [0, 0.1) is 21.7 Å². The summed E-state index contributed by atoms with van der Waals surface area (Å²) in [5, 5.41) is 22.9. The van der Waals surface area contributed by atoms with Crippen molar-refractivity contribution in [3.05, 3.63) is 39.4 Å². The average Bonchev–Trinajstić information content (AvgIpc) is 2.74. The van der Waals surface area contributed by atoms with E-state index in [9.17, 15) is 23.7 Å². The molecule has 0 saturated heterocycles. The molecule has 1 N–H and O–H groups in total. The zero-order chi connectivity index (χ0) is 14.9. The van der Waals surface area contributed by atoms with E-state index >= 15 is 0 Å². The number of rotatable bonds is 3. The lowest BCUT2D eigenvalue weighted by molar-refractivity contribution is -0.387. The lowest BCUT2D eigenvalue weighted by Crippen LogP contribution is -2.17. The van der Waals surface area contributed by atoms with E-state index < -0.39 is 33.7 Å². The number of nitro benzene ring substituents is 1. The summed E-state index contributed by atoms with van der Waals surface area (Å²) in [6, 6.07) is 1.25. The highest BCUT2D eigenvalue weighted by molar-refractivity contribution is 6.04. The van der Waals surface area contributed by atoms with Crippen LogP contribution in [-0.2, 0) is 7.05 Å². The van der Waals surface area contributed by atoms with Gasteiger partial charge >= 0.3 is 5.69 Å². The lowest BCUT2D eigenvalue weighted by atomic mass is 10.1. The Balaban J connectivity index is 2.38. The van der Waals surface area contributed by atoms with Gasteiger partial charge in [-0.15, -0.1) is 5.10 Å². The molecule has 0 spiro atoms. The van der Waals surface area contributed by atoms with Crippen LogP contribution >= 0.6 is 0 Å². The lowest BCUT2D eigenvalue weighted by Gasteiger charge is -2.04. The van der Waals surface area contributed by atoms with E-state index in [0.29, 0.717) is 12.1 Å². The summed E-state index contributed by atoms with van der Waals surface area (Å²) in [5.74, 6) is -4.36. The van der Waals surface area contributed by atoms with Crippen LogP contribution in [0.4, 0.5) is 20.4 Å². The molecule has 0 bridgehead atoms. The predicted molar refractivity (Wildman–Crippen MR) is 59.8 cm³/mol. The van der Waals surface area contributed by atoms with E-state index in [0.717, 1.165) is 4.80 Å². The molecule has 1 heterocycles. The van der Waals surface area contributed by atoms with Crippen LogP contribution in [-0.4, -0.2) is 31.0 Å². The summed E-state index contributed by atoms with van der Waals surface area (Å²) in [5.41, 5.74) is -2.10. The second-order valence-corrected chi connectivity index (χ2v) is 3.57. The van der Waals surface area contributed by atoms with E-state index in [1.54, 1.807) is 0 Å². The molecule has 1 aromatic heterocycles. The Kier molecular flexibility index (Phi) is 3.33. The fourth-order valence-corrected chi connectivity index (χ4v) is 1.39. The molecule has 1 amide bonds. The number of nitro groups is 1. The third kappa shape index (κ3) is 2.41. The maximum absolute atomic E-state index is 13.7. The van der Waals surface area contributed by atoms with Crippen molar-refractivity contribution in [2.75, 3.05) is 5.32 Å². The highest BCUT2D eigenvalue weighted by atomic mass is 19.1. The Bertz CT molecular complexity index is 701. The quantitative estimate of drug-likeness (QED) is 0.653. The van der Waals surface area contributed by atoms with Crippen LogP contribution in [0.2, 0.25) is 0 Å². The van der Waals surface area contributed by atoms with E-state index in [4.69, 9.17) is 0 Å². The van der Waals surface area contributed by atoms with Crippen molar-refractivity contribution in [3.8, 4) is 0 Å². The fraction of sp³-hybridized carbons (Fsp3) is 0.111. The molecule has 0 aliphatic carbocycles. The summed E-state index contributed by atoms with van der Waals surface area (Å²) in [4.78, 5) is 22.2. The number of tetrazole rings is 1. The van der Waals surface area contributed by atoms with E-state index in [1.165, 1.54) is 7.05 Å². The van der Waals surface area contributed by atoms with Crippen molar-refractivity contribution in [2.24, 2.45) is 7.05 Å². The molecule has 0 radical (unpaired) electrons. The Labute approximate surface area is 109 Å². The smallest absolute Gasteiger partial charge is 0.288 e. The number of nitrogens with one attached hydrogen (secondary N) is 1. The monoisotopic (exact) mass is 284 g/mol. The molecule has 0 aliphatic rings. The molecule has 11 heteroatoms. The summed E-state index contributed by atoms with van der Waals surface area (Å²) in [6.07, 6.45) is 0. The van der Waals surface area contributed by atoms with Gasteiger partial charge in [0.25, 0.3) is 11.9 Å². The van der Waals surface area contributed by atoms with E-state index in [-0.39, 0.29) is 5.95 Å². The highest BCUT2D eigenvalue weighted by Gasteiger charge is 2.26. The van der Waals surface area contributed by atoms with Gasteiger partial charge in [0.05, 0.1) is 12.0 Å². The van der Waals surface area contributed by atoms with Crippen LogP contribution in [0.3, 0.4) is 0 Å². The number of amides is 1. The molecule has 2 rings (SSSR count). The number of aryl methyl sites for hydroxylation is 1. The van der Waals surface area contributed by atoms with Gasteiger partial charge in [-0.05, 0) is 11.3 Å². The molecule has 2 aromatic rings. The Hall–Kier alpha value is -2.98. The molecule has 0 atom stereocenters. The number of halogens is 2. The molecule has 104 valence electrons. The van der Waals surface area contributed by atoms with Crippen molar-refractivity contribution >= 4 is 17.5 Å². The van der Waals surface area contributed by atoms with Gasteiger partial charge in [0.2, 0.25) is 5.82 Å². The fourth-order valence-electron chi connectivity index (χ4n) is 1.39. The Morgan fingerprint density at radius 2 is 2.15 bits per heavy atom. The third-order valence-corrected chi connectivity index (χ3v) is 2.23. The van der Waals surface area contributed by atoms with Gasteiger partial charge < -0.3 is 0 Å². The second-order valence-electron chi connectivity index (χ2n) is 3.57. The maximum atomic E-state index is 13.7. The Morgan fingerprint density at radius 3 is 2.70 bits per heavy atom. The maximum Gasteiger partial charge on any atom is 0.305 e. The first kappa shape index (κ1) is 13.5. The molecule has 0 saturated carbocycles. The molecule has 9 nitrogen and oxygen atoms in total. The van der Waals surface area contributed by atoms with Crippen LogP contribution in [0.5, 0.6) is 0 Å². The number of carbonyl (C=O) groups is 1. The minimum absolute atomic E-state index is 0.289. The zero-order valence-electron chi connectivity index (χ0n) is 9.87. The van der Waals surface area contributed by atoms with Gasteiger partial charge in [-0.3, -0.25) is 20.2 Å². The van der Waals surface area contributed by atoms with Crippen LogP contribution in [0.15, 0.2) is 12.1 Å². The number of carbonyl (C=O) groups excluding carboxylic acids is 1. The number of aromatic nitrogens is 4. The normalized spacial score (nSPS) is 10.3. The van der Waals surface area contributed by atoms with Gasteiger partial charge in [-0.2, -0.15) is 9.19 Å². The minimum atomic E-state index is -1.57. The first-order valence-corrected chi connectivity index (χ1v) is 5.08. The van der Waals surface area contributed by atoms with Gasteiger partial charge in [0, 0.05) is 6.07 Å². The molecule has 0 aliphatic heterocycles. The second kappa shape index (κ2) is 4.95. The molecule has 0 unspecified atom stereocenters. The summed E-state index contributed by atoms with van der Waals surface area (Å²) >= 11 is 0. The van der Waals surface area contributed by atoms with Crippen LogP contribution < -0.4 is 5.32 Å². The van der Waals surface area contributed by atoms with Crippen molar-refractivity contribution in [1.82, 2.24) is 20.2 Å². The van der Waals surface area contributed by atoms with E-state index in [2.05, 4.69) is 15.4 Å². The topological polar surface area (TPSA) is 116 Å². The summed E-state index contributed by atoms with van der Waals surface area (Å²) in [7, 11) is 1.41. The Morgan fingerprint density at radius 1 is 1.45 bits per heavy atom. The molecule has 0 fully saturated rings. The van der Waals surface area contributed by atoms with E-state index in [1.807, 2.05) is 5.32 Å². The number of nitrogens with zero attached hydrogens (tertiary/aromatic N) is 5. The predicted octanol–water partition coefficient (Wildman–Crippen LogP) is 0.649.